The van der Waals surface area contributed by atoms with Crippen LogP contribution < -0.4 is 5.32 Å². The van der Waals surface area contributed by atoms with Crippen molar-refractivity contribution in [3.8, 4) is 0 Å². The molecule has 1 fully saturated rings. The number of carbonyl (C=O) groups is 1. The number of carbonyl (C=O) groups excluding carboxylic acids is 1. The molecular formula is C13H19N3O3. The third-order valence-electron chi connectivity index (χ3n) is 3.56. The molecule has 2 atom stereocenters. The third kappa shape index (κ3) is 2.69. The average molecular weight is 265 g/mol. The molecule has 1 saturated heterocycles. The summed E-state index contributed by atoms with van der Waals surface area (Å²) in [5.74, 6) is 0.325. The lowest BCUT2D eigenvalue weighted by molar-refractivity contribution is -0.0999. The van der Waals surface area contributed by atoms with Gasteiger partial charge in [0.25, 0.3) is 5.91 Å². The molecule has 2 rings (SSSR count). The van der Waals surface area contributed by atoms with E-state index in [2.05, 4.69) is 10.3 Å². The Bertz CT molecular complexity index is 476. The van der Waals surface area contributed by atoms with Gasteiger partial charge in [-0.2, -0.15) is 0 Å². The molecule has 104 valence electrons. The number of hydrogen-bond donors (Lipinski definition) is 3. The van der Waals surface area contributed by atoms with Crippen LogP contribution >= 0.6 is 0 Å². The number of anilines is 1. The molecule has 0 spiro atoms. The second-order valence-electron chi connectivity index (χ2n) is 5.02. The van der Waals surface area contributed by atoms with Crippen molar-refractivity contribution in [2.45, 2.75) is 25.0 Å². The van der Waals surface area contributed by atoms with Gasteiger partial charge < -0.3 is 20.4 Å². The second-order valence-corrected chi connectivity index (χ2v) is 5.02. The second kappa shape index (κ2) is 5.14. The normalized spacial score (nSPS) is 27.2. The van der Waals surface area contributed by atoms with Crippen LogP contribution in [0.15, 0.2) is 18.3 Å². The van der Waals surface area contributed by atoms with Crippen molar-refractivity contribution in [1.82, 2.24) is 9.88 Å². The number of aromatic nitrogens is 1. The van der Waals surface area contributed by atoms with E-state index in [1.165, 1.54) is 0 Å². The molecule has 1 aliphatic heterocycles. The number of nitrogens with one attached hydrogen (secondary N) is 1. The Hall–Kier alpha value is -1.66. The van der Waals surface area contributed by atoms with Gasteiger partial charge in [0.15, 0.2) is 0 Å². The first kappa shape index (κ1) is 13.8. The molecule has 0 radical (unpaired) electrons. The van der Waals surface area contributed by atoms with E-state index in [0.29, 0.717) is 24.3 Å². The molecule has 1 aromatic rings. The lowest BCUT2D eigenvalue weighted by atomic mass is 9.90. The minimum Gasteiger partial charge on any atom is -0.388 e. The summed E-state index contributed by atoms with van der Waals surface area (Å²) in [6.07, 6.45) is 1.04. The highest BCUT2D eigenvalue weighted by Crippen LogP contribution is 2.24. The van der Waals surface area contributed by atoms with Crippen molar-refractivity contribution < 1.29 is 15.0 Å². The molecule has 0 aromatic carbocycles. The molecule has 2 heterocycles. The van der Waals surface area contributed by atoms with Crippen molar-refractivity contribution in [2.75, 3.05) is 25.5 Å². The van der Waals surface area contributed by atoms with Crippen molar-refractivity contribution in [2.24, 2.45) is 0 Å². The van der Waals surface area contributed by atoms with Gasteiger partial charge >= 0.3 is 0 Å². The first-order chi connectivity index (χ1) is 8.95. The fourth-order valence-electron chi connectivity index (χ4n) is 2.16. The Labute approximate surface area is 112 Å². The van der Waals surface area contributed by atoms with E-state index in [1.54, 1.807) is 37.2 Å². The number of amides is 1. The zero-order valence-corrected chi connectivity index (χ0v) is 11.1. The lowest BCUT2D eigenvalue weighted by Gasteiger charge is -2.40. The third-order valence-corrected chi connectivity index (χ3v) is 3.56. The zero-order valence-electron chi connectivity index (χ0n) is 11.1. The van der Waals surface area contributed by atoms with Gasteiger partial charge in [-0.1, -0.05) is 0 Å². The topological polar surface area (TPSA) is 85.7 Å². The first-order valence-electron chi connectivity index (χ1n) is 6.28. The van der Waals surface area contributed by atoms with E-state index in [1.807, 2.05) is 0 Å². The Morgan fingerprint density at radius 3 is 3.00 bits per heavy atom. The standard InChI is InChI=1S/C13H19N3O3/c1-13(19)5-7-16(8-10(13)17)12(18)9-4-3-6-15-11(9)14-2/h3-4,6,10,17,19H,5,7-8H2,1-2H3,(H,14,15)/t10-,13-/m1/s1. The molecule has 19 heavy (non-hydrogen) atoms. The fraction of sp³-hybridized carbons (Fsp3) is 0.538. The van der Waals surface area contributed by atoms with Gasteiger partial charge in [-0.15, -0.1) is 0 Å². The first-order valence-corrected chi connectivity index (χ1v) is 6.28. The summed E-state index contributed by atoms with van der Waals surface area (Å²) >= 11 is 0. The molecule has 1 amide bonds. The number of aliphatic hydroxyl groups excluding tert-OH is 1. The molecule has 0 aliphatic carbocycles. The molecule has 1 aliphatic rings. The maximum absolute atomic E-state index is 12.4. The quantitative estimate of drug-likeness (QED) is 0.705. The monoisotopic (exact) mass is 265 g/mol. The van der Waals surface area contributed by atoms with Crippen LogP contribution in [0.3, 0.4) is 0 Å². The van der Waals surface area contributed by atoms with Crippen molar-refractivity contribution in [3.63, 3.8) is 0 Å². The molecular weight excluding hydrogens is 246 g/mol. The van der Waals surface area contributed by atoms with Gasteiger partial charge in [-0.25, -0.2) is 4.98 Å². The van der Waals surface area contributed by atoms with Crippen LogP contribution in [0.2, 0.25) is 0 Å². The number of pyridine rings is 1. The number of β-amino-alcohol motifs (C(OH)–C–C–N with tert-alkyl or cyclic N) is 1. The Morgan fingerprint density at radius 2 is 2.37 bits per heavy atom. The van der Waals surface area contributed by atoms with Gasteiger partial charge in [0.1, 0.15) is 5.82 Å². The van der Waals surface area contributed by atoms with Crippen LogP contribution in [0.5, 0.6) is 0 Å². The molecule has 6 heteroatoms. The minimum atomic E-state index is -1.13. The summed E-state index contributed by atoms with van der Waals surface area (Å²) in [6, 6.07) is 3.39. The van der Waals surface area contributed by atoms with E-state index < -0.39 is 11.7 Å². The maximum atomic E-state index is 12.4. The average Bonchev–Trinajstić information content (AvgIpc) is 2.41. The van der Waals surface area contributed by atoms with Gasteiger partial charge in [0.2, 0.25) is 0 Å². The molecule has 1 aromatic heterocycles. The SMILES string of the molecule is CNc1ncccc1C(=O)N1CC[C@@](C)(O)[C@H](O)C1. The fourth-order valence-corrected chi connectivity index (χ4v) is 2.16. The van der Waals surface area contributed by atoms with Crippen LogP contribution in [0.1, 0.15) is 23.7 Å². The van der Waals surface area contributed by atoms with Crippen molar-refractivity contribution >= 4 is 11.7 Å². The predicted octanol–water partition coefficient (Wildman–Crippen LogP) is 0.0811. The number of likely N-dealkylation sites (tertiary alicyclic amines) is 1. The predicted molar refractivity (Wildman–Crippen MR) is 70.9 cm³/mol. The highest BCUT2D eigenvalue weighted by atomic mass is 16.3. The van der Waals surface area contributed by atoms with Gasteiger partial charge in [-0.05, 0) is 25.5 Å². The minimum absolute atomic E-state index is 0.129. The van der Waals surface area contributed by atoms with Crippen LogP contribution in [0.25, 0.3) is 0 Å². The number of nitrogens with zero attached hydrogens (tertiary/aromatic N) is 2. The zero-order chi connectivity index (χ0) is 14.0. The summed E-state index contributed by atoms with van der Waals surface area (Å²) < 4.78 is 0. The summed E-state index contributed by atoms with van der Waals surface area (Å²) in [5.41, 5.74) is -0.656. The highest BCUT2D eigenvalue weighted by Gasteiger charge is 2.38. The van der Waals surface area contributed by atoms with Gasteiger partial charge in [0, 0.05) is 26.3 Å². The number of aliphatic hydroxyl groups is 2. The van der Waals surface area contributed by atoms with E-state index >= 15 is 0 Å². The highest BCUT2D eigenvalue weighted by molar-refractivity contribution is 5.98. The number of hydrogen-bond acceptors (Lipinski definition) is 5. The van der Waals surface area contributed by atoms with Gasteiger partial charge in [-0.3, -0.25) is 4.79 Å². The summed E-state index contributed by atoms with van der Waals surface area (Å²) in [7, 11) is 1.70. The summed E-state index contributed by atoms with van der Waals surface area (Å²) in [4.78, 5) is 18.0. The number of piperidine rings is 1. The van der Waals surface area contributed by atoms with Crippen LogP contribution in [-0.4, -0.2) is 57.8 Å². The van der Waals surface area contributed by atoms with Crippen LogP contribution in [0, 0.1) is 0 Å². The van der Waals surface area contributed by atoms with Gasteiger partial charge in [0.05, 0.1) is 17.3 Å². The van der Waals surface area contributed by atoms with Crippen LogP contribution in [-0.2, 0) is 0 Å². The Kier molecular flexibility index (Phi) is 3.73. The van der Waals surface area contributed by atoms with E-state index in [4.69, 9.17) is 0 Å². The summed E-state index contributed by atoms with van der Waals surface area (Å²) in [6.45, 7) is 2.13. The van der Waals surface area contributed by atoms with E-state index in [9.17, 15) is 15.0 Å². The molecule has 3 N–H and O–H groups in total. The largest absolute Gasteiger partial charge is 0.388 e. The van der Waals surface area contributed by atoms with Crippen molar-refractivity contribution in [1.29, 1.82) is 0 Å². The molecule has 0 bridgehead atoms. The molecule has 6 nitrogen and oxygen atoms in total. The Balaban J connectivity index is 2.17. The molecule has 0 unspecified atom stereocenters. The van der Waals surface area contributed by atoms with E-state index in [-0.39, 0.29) is 12.5 Å². The Morgan fingerprint density at radius 1 is 1.63 bits per heavy atom. The van der Waals surface area contributed by atoms with Crippen LogP contribution in [0.4, 0.5) is 5.82 Å². The maximum Gasteiger partial charge on any atom is 0.257 e. The molecule has 0 saturated carbocycles. The van der Waals surface area contributed by atoms with Crippen molar-refractivity contribution in [3.05, 3.63) is 23.9 Å². The number of rotatable bonds is 2. The summed E-state index contributed by atoms with van der Waals surface area (Å²) in [5, 5.41) is 22.6. The smallest absolute Gasteiger partial charge is 0.257 e. The van der Waals surface area contributed by atoms with E-state index in [0.717, 1.165) is 0 Å². The lowest BCUT2D eigenvalue weighted by Crippen LogP contribution is -2.55.